The third kappa shape index (κ3) is 4.23. The molecule has 1 heterocycles. The van der Waals surface area contributed by atoms with E-state index < -0.39 is 28.1 Å². The summed E-state index contributed by atoms with van der Waals surface area (Å²) in [5.74, 6) is -0.516. The van der Waals surface area contributed by atoms with Crippen molar-refractivity contribution in [2.45, 2.75) is 30.8 Å². The van der Waals surface area contributed by atoms with Gasteiger partial charge in [-0.15, -0.1) is 0 Å². The Kier molecular flexibility index (Phi) is 6.48. The molecule has 0 saturated heterocycles. The number of rotatable bonds is 6. The monoisotopic (exact) mass is 497 g/mol. The van der Waals surface area contributed by atoms with Gasteiger partial charge < -0.3 is 4.74 Å². The summed E-state index contributed by atoms with van der Waals surface area (Å²) in [6.45, 7) is 3.85. The zero-order chi connectivity index (χ0) is 25.3. The van der Waals surface area contributed by atoms with Gasteiger partial charge >= 0.3 is 5.97 Å². The molecule has 4 aromatic carbocycles. The predicted octanol–water partition coefficient (Wildman–Crippen LogP) is 6.12. The lowest BCUT2D eigenvalue weighted by Gasteiger charge is -2.32. The smallest absolute Gasteiger partial charge is 0.335 e. The molecule has 0 unspecified atom stereocenters. The van der Waals surface area contributed by atoms with Crippen molar-refractivity contribution in [3.63, 3.8) is 0 Å². The van der Waals surface area contributed by atoms with Crippen LogP contribution in [-0.2, 0) is 19.6 Å². The Hall–Kier alpha value is -3.74. The largest absolute Gasteiger partial charge is 0.463 e. The molecule has 5 nitrogen and oxygen atoms in total. The Labute approximate surface area is 211 Å². The summed E-state index contributed by atoms with van der Waals surface area (Å²) in [4.78, 5) is 13.5. The highest BCUT2D eigenvalue weighted by Gasteiger charge is 2.47. The molecule has 6 heteroatoms. The fourth-order valence-corrected chi connectivity index (χ4v) is 6.54. The highest BCUT2D eigenvalue weighted by Crippen LogP contribution is 2.48. The van der Waals surface area contributed by atoms with Crippen molar-refractivity contribution < 1.29 is 17.9 Å². The first-order valence-corrected chi connectivity index (χ1v) is 13.4. The predicted molar refractivity (Wildman–Crippen MR) is 141 cm³/mol. The number of hydrogen-bond donors (Lipinski definition) is 0. The SMILES string of the molecule is CCOC(=O)C1=C[C@H](c2ccccc2)N(S(=O)(=O)c2ccc(C)cc2)[C@@H]1c1cccc2ccccc12. The zero-order valence-electron chi connectivity index (χ0n) is 20.2. The van der Waals surface area contributed by atoms with Crippen LogP contribution in [0.5, 0.6) is 0 Å². The average Bonchev–Trinajstić information content (AvgIpc) is 3.31. The van der Waals surface area contributed by atoms with E-state index in [9.17, 15) is 13.2 Å². The van der Waals surface area contributed by atoms with Crippen LogP contribution in [0.2, 0.25) is 0 Å². The van der Waals surface area contributed by atoms with Gasteiger partial charge in [0.05, 0.1) is 29.2 Å². The molecule has 2 atom stereocenters. The van der Waals surface area contributed by atoms with Crippen LogP contribution < -0.4 is 0 Å². The van der Waals surface area contributed by atoms with Gasteiger partial charge in [0.2, 0.25) is 10.0 Å². The number of carbonyl (C=O) groups is 1. The highest BCUT2D eigenvalue weighted by atomic mass is 32.2. The van der Waals surface area contributed by atoms with E-state index in [1.807, 2.05) is 79.7 Å². The fourth-order valence-electron chi connectivity index (χ4n) is 4.83. The average molecular weight is 498 g/mol. The molecule has 0 aliphatic carbocycles. The Morgan fingerprint density at radius 3 is 2.25 bits per heavy atom. The third-order valence-corrected chi connectivity index (χ3v) is 8.39. The Balaban J connectivity index is 1.78. The Morgan fingerprint density at radius 1 is 0.861 bits per heavy atom. The lowest BCUT2D eigenvalue weighted by Crippen LogP contribution is -2.35. The summed E-state index contributed by atoms with van der Waals surface area (Å²) >= 11 is 0. The molecule has 1 aliphatic heterocycles. The van der Waals surface area contributed by atoms with Crippen molar-refractivity contribution in [3.05, 3.63) is 125 Å². The van der Waals surface area contributed by atoms with E-state index >= 15 is 0 Å². The van der Waals surface area contributed by atoms with Gasteiger partial charge in [-0.25, -0.2) is 13.2 Å². The molecule has 36 heavy (non-hydrogen) atoms. The molecule has 0 aromatic heterocycles. The molecule has 0 spiro atoms. The number of nitrogens with zero attached hydrogens (tertiary/aromatic N) is 1. The van der Waals surface area contributed by atoms with Crippen molar-refractivity contribution in [2.24, 2.45) is 0 Å². The number of benzene rings is 4. The normalized spacial score (nSPS) is 18.2. The van der Waals surface area contributed by atoms with Gasteiger partial charge in [0.15, 0.2) is 0 Å². The summed E-state index contributed by atoms with van der Waals surface area (Å²) in [6.07, 6.45) is 1.74. The van der Waals surface area contributed by atoms with E-state index in [0.717, 1.165) is 27.5 Å². The van der Waals surface area contributed by atoms with E-state index in [0.29, 0.717) is 5.57 Å². The van der Waals surface area contributed by atoms with E-state index in [1.54, 1.807) is 37.3 Å². The van der Waals surface area contributed by atoms with E-state index in [4.69, 9.17) is 4.74 Å². The van der Waals surface area contributed by atoms with Crippen molar-refractivity contribution in [2.75, 3.05) is 6.61 Å². The quantitative estimate of drug-likeness (QED) is 0.301. The number of ether oxygens (including phenoxy) is 1. The topological polar surface area (TPSA) is 63.7 Å². The van der Waals surface area contributed by atoms with Crippen molar-refractivity contribution in [3.8, 4) is 0 Å². The number of hydrogen-bond acceptors (Lipinski definition) is 4. The van der Waals surface area contributed by atoms with Crippen LogP contribution in [0.4, 0.5) is 0 Å². The van der Waals surface area contributed by atoms with E-state index in [1.165, 1.54) is 4.31 Å². The van der Waals surface area contributed by atoms with Crippen molar-refractivity contribution in [1.82, 2.24) is 4.31 Å². The number of aryl methyl sites for hydroxylation is 1. The number of carbonyl (C=O) groups excluding carboxylic acids is 1. The summed E-state index contributed by atoms with van der Waals surface area (Å²) in [5.41, 5.74) is 2.79. The maximum absolute atomic E-state index is 14.3. The first-order valence-electron chi connectivity index (χ1n) is 11.9. The van der Waals surface area contributed by atoms with E-state index in [2.05, 4.69) is 0 Å². The van der Waals surface area contributed by atoms with Gasteiger partial charge in [0.1, 0.15) is 0 Å². The van der Waals surface area contributed by atoms with Crippen molar-refractivity contribution in [1.29, 1.82) is 0 Å². The molecule has 0 fully saturated rings. The third-order valence-electron chi connectivity index (χ3n) is 6.53. The minimum Gasteiger partial charge on any atom is -0.463 e. The first-order chi connectivity index (χ1) is 17.4. The van der Waals surface area contributed by atoms with Gasteiger partial charge in [0.25, 0.3) is 0 Å². The lowest BCUT2D eigenvalue weighted by molar-refractivity contribution is -0.138. The molecular formula is C30H27NO4S. The van der Waals surface area contributed by atoms with Gasteiger partial charge in [0, 0.05) is 0 Å². The number of sulfonamides is 1. The maximum atomic E-state index is 14.3. The number of esters is 1. The summed E-state index contributed by atoms with van der Waals surface area (Å²) < 4.78 is 35.5. The standard InChI is InChI=1S/C30H27NO4S/c1-3-35-30(32)27-20-28(23-11-5-4-6-12-23)31(36(33,34)24-18-16-21(2)17-19-24)29(27)26-15-9-13-22-10-7-8-14-25(22)26/h4-20,28-29H,3H2,1-2H3/t28-,29-/m1/s1. The zero-order valence-corrected chi connectivity index (χ0v) is 21.0. The summed E-state index contributed by atoms with van der Waals surface area (Å²) in [6, 6.07) is 28.2. The minimum absolute atomic E-state index is 0.178. The van der Waals surface area contributed by atoms with Crippen LogP contribution >= 0.6 is 0 Å². The van der Waals surface area contributed by atoms with Crippen LogP contribution in [0.3, 0.4) is 0 Å². The molecule has 4 aromatic rings. The second-order valence-corrected chi connectivity index (χ2v) is 10.7. The van der Waals surface area contributed by atoms with E-state index in [-0.39, 0.29) is 11.5 Å². The van der Waals surface area contributed by atoms with Crippen LogP contribution in [0, 0.1) is 6.92 Å². The Morgan fingerprint density at radius 2 is 1.53 bits per heavy atom. The first kappa shape index (κ1) is 24.0. The van der Waals surface area contributed by atoms with Crippen LogP contribution in [-0.4, -0.2) is 25.3 Å². The van der Waals surface area contributed by atoms with Gasteiger partial charge in [-0.3, -0.25) is 0 Å². The minimum atomic E-state index is -4.03. The number of fused-ring (bicyclic) bond motifs is 1. The Bertz CT molecular complexity index is 1540. The van der Waals surface area contributed by atoms with Gasteiger partial charge in [-0.1, -0.05) is 90.5 Å². The van der Waals surface area contributed by atoms with Crippen LogP contribution in [0.1, 0.15) is 35.7 Å². The summed E-state index contributed by atoms with van der Waals surface area (Å²) in [5, 5.41) is 1.85. The van der Waals surface area contributed by atoms with Crippen LogP contribution in [0.25, 0.3) is 10.8 Å². The molecular weight excluding hydrogens is 470 g/mol. The molecule has 0 bridgehead atoms. The highest BCUT2D eigenvalue weighted by molar-refractivity contribution is 7.89. The molecule has 0 amide bonds. The fraction of sp³-hybridized carbons (Fsp3) is 0.167. The molecule has 5 rings (SSSR count). The maximum Gasteiger partial charge on any atom is 0.335 e. The van der Waals surface area contributed by atoms with Gasteiger partial charge in [-0.2, -0.15) is 4.31 Å². The molecule has 0 radical (unpaired) electrons. The van der Waals surface area contributed by atoms with Crippen LogP contribution in [0.15, 0.2) is 114 Å². The lowest BCUT2D eigenvalue weighted by atomic mass is 9.95. The second-order valence-electron chi connectivity index (χ2n) is 8.82. The molecule has 182 valence electrons. The summed E-state index contributed by atoms with van der Waals surface area (Å²) in [7, 11) is -4.03. The van der Waals surface area contributed by atoms with Gasteiger partial charge in [-0.05, 0) is 54.0 Å². The second kappa shape index (κ2) is 9.72. The molecule has 0 saturated carbocycles. The van der Waals surface area contributed by atoms with Crippen molar-refractivity contribution >= 4 is 26.8 Å². The molecule has 1 aliphatic rings. The molecule has 0 N–H and O–H groups in total.